The van der Waals surface area contributed by atoms with Gasteiger partial charge in [-0.1, -0.05) is 42.5 Å². The monoisotopic (exact) mass is 378 g/mol. The van der Waals surface area contributed by atoms with Crippen molar-refractivity contribution >= 4 is 11.9 Å². The van der Waals surface area contributed by atoms with Gasteiger partial charge in [0.25, 0.3) is 5.91 Å². The highest BCUT2D eigenvalue weighted by Gasteiger charge is 2.19. The minimum absolute atomic E-state index is 0.358. The van der Waals surface area contributed by atoms with Gasteiger partial charge in [0.15, 0.2) is 6.61 Å². The fourth-order valence-electron chi connectivity index (χ4n) is 2.88. The highest BCUT2D eigenvalue weighted by atomic mass is 16.5. The van der Waals surface area contributed by atoms with E-state index in [-0.39, 0.29) is 18.6 Å². The molecule has 0 aliphatic rings. The second-order valence-corrected chi connectivity index (χ2v) is 6.26. The Morgan fingerprint density at radius 2 is 1.64 bits per heavy atom. The molecule has 2 aromatic carbocycles. The van der Waals surface area contributed by atoms with Crippen molar-refractivity contribution in [3.05, 3.63) is 89.7 Å². The number of hydrogen-bond donors (Lipinski definition) is 1. The summed E-state index contributed by atoms with van der Waals surface area (Å²) in [6.07, 6.45) is 1.74. The van der Waals surface area contributed by atoms with Crippen LogP contribution < -0.4 is 10.1 Å². The number of aryl methyl sites for hydroxylation is 1. The zero-order valence-corrected chi connectivity index (χ0v) is 15.8. The molecule has 6 nitrogen and oxygen atoms in total. The lowest BCUT2D eigenvalue weighted by Gasteiger charge is -2.20. The summed E-state index contributed by atoms with van der Waals surface area (Å²) < 4.78 is 12.0. The first-order chi connectivity index (χ1) is 13.6. The predicted molar refractivity (Wildman–Crippen MR) is 105 cm³/mol. The van der Waals surface area contributed by atoms with Crippen LogP contribution in [-0.2, 0) is 16.6 Å². The van der Waals surface area contributed by atoms with Gasteiger partial charge < -0.3 is 19.4 Å². The third-order valence-corrected chi connectivity index (χ3v) is 4.37. The van der Waals surface area contributed by atoms with E-state index in [0.29, 0.717) is 5.69 Å². The maximum atomic E-state index is 12.5. The molecule has 0 aliphatic carbocycles. The van der Waals surface area contributed by atoms with Crippen LogP contribution in [0.25, 0.3) is 0 Å². The van der Waals surface area contributed by atoms with Crippen molar-refractivity contribution in [3.63, 3.8) is 0 Å². The average Bonchev–Trinajstić information content (AvgIpc) is 3.17. The number of amides is 1. The highest BCUT2D eigenvalue weighted by Crippen LogP contribution is 2.24. The van der Waals surface area contributed by atoms with Gasteiger partial charge in [0.1, 0.15) is 11.4 Å². The molecule has 0 spiro atoms. The molecule has 1 aromatic heterocycles. The molecule has 0 fully saturated rings. The molecule has 3 rings (SSSR count). The van der Waals surface area contributed by atoms with Crippen LogP contribution in [0.5, 0.6) is 5.75 Å². The molecule has 0 aliphatic heterocycles. The minimum Gasteiger partial charge on any atom is -0.497 e. The minimum atomic E-state index is -0.539. The van der Waals surface area contributed by atoms with Crippen molar-refractivity contribution in [2.24, 2.45) is 7.05 Å². The second kappa shape index (κ2) is 8.90. The Hall–Kier alpha value is -3.54. The first kappa shape index (κ1) is 19.2. The van der Waals surface area contributed by atoms with Gasteiger partial charge in [-0.3, -0.25) is 4.79 Å². The van der Waals surface area contributed by atoms with Gasteiger partial charge in [0.05, 0.1) is 13.2 Å². The topological polar surface area (TPSA) is 69.6 Å². The number of benzene rings is 2. The lowest BCUT2D eigenvalue weighted by Crippen LogP contribution is -2.33. The lowest BCUT2D eigenvalue weighted by molar-refractivity contribution is -0.124. The molecule has 1 atom stereocenters. The van der Waals surface area contributed by atoms with E-state index in [2.05, 4.69) is 5.32 Å². The maximum Gasteiger partial charge on any atom is 0.355 e. The van der Waals surface area contributed by atoms with Crippen molar-refractivity contribution in [1.82, 2.24) is 9.88 Å². The number of aromatic nitrogens is 1. The van der Waals surface area contributed by atoms with E-state index in [9.17, 15) is 9.59 Å². The van der Waals surface area contributed by atoms with Gasteiger partial charge in [-0.25, -0.2) is 4.79 Å². The summed E-state index contributed by atoms with van der Waals surface area (Å²) in [5.74, 6) is -0.186. The van der Waals surface area contributed by atoms with Gasteiger partial charge >= 0.3 is 5.97 Å². The zero-order valence-electron chi connectivity index (χ0n) is 15.8. The number of ether oxygens (including phenoxy) is 2. The van der Waals surface area contributed by atoms with Crippen LogP contribution >= 0.6 is 0 Å². The number of nitrogens with one attached hydrogen (secondary N) is 1. The molecule has 28 heavy (non-hydrogen) atoms. The Bertz CT molecular complexity index is 933. The summed E-state index contributed by atoms with van der Waals surface area (Å²) in [6.45, 7) is -0.358. The Labute approximate surface area is 163 Å². The molecule has 1 N–H and O–H groups in total. The van der Waals surface area contributed by atoms with Crippen LogP contribution in [-0.4, -0.2) is 30.2 Å². The molecule has 1 heterocycles. The maximum absolute atomic E-state index is 12.5. The summed E-state index contributed by atoms with van der Waals surface area (Å²) >= 11 is 0. The summed E-state index contributed by atoms with van der Waals surface area (Å²) in [5.41, 5.74) is 2.21. The van der Waals surface area contributed by atoms with E-state index in [1.165, 1.54) is 0 Å². The quantitative estimate of drug-likeness (QED) is 0.642. The fraction of sp³-hybridized carbons (Fsp3) is 0.182. The molecule has 0 saturated carbocycles. The molecule has 0 bridgehead atoms. The van der Waals surface area contributed by atoms with Crippen molar-refractivity contribution < 1.29 is 19.1 Å². The van der Waals surface area contributed by atoms with Crippen molar-refractivity contribution in [3.8, 4) is 5.75 Å². The largest absolute Gasteiger partial charge is 0.497 e. The van der Waals surface area contributed by atoms with Crippen molar-refractivity contribution in [2.75, 3.05) is 13.7 Å². The van der Waals surface area contributed by atoms with Crippen LogP contribution in [0, 0.1) is 0 Å². The summed E-state index contributed by atoms with van der Waals surface area (Å²) in [7, 11) is 3.35. The number of rotatable bonds is 7. The number of esters is 1. The SMILES string of the molecule is COc1ccc([C@H](NC(=O)COC(=O)c2cccn2C)c2ccccc2)cc1. The molecule has 144 valence electrons. The Balaban J connectivity index is 1.71. The first-order valence-corrected chi connectivity index (χ1v) is 8.85. The number of hydrogen-bond acceptors (Lipinski definition) is 4. The Morgan fingerprint density at radius 3 is 2.25 bits per heavy atom. The Kier molecular flexibility index (Phi) is 6.11. The summed E-state index contributed by atoms with van der Waals surface area (Å²) in [6, 6.07) is 20.1. The summed E-state index contributed by atoms with van der Waals surface area (Å²) in [4.78, 5) is 24.6. The van der Waals surface area contributed by atoms with Crippen LogP contribution in [0.15, 0.2) is 72.9 Å². The number of carbonyl (C=O) groups excluding carboxylic acids is 2. The van der Waals surface area contributed by atoms with Gasteiger partial charge in [0, 0.05) is 13.2 Å². The first-order valence-electron chi connectivity index (χ1n) is 8.85. The molecular weight excluding hydrogens is 356 g/mol. The number of nitrogens with zero attached hydrogens (tertiary/aromatic N) is 1. The molecule has 6 heteroatoms. The number of carbonyl (C=O) groups is 2. The van der Waals surface area contributed by atoms with Crippen LogP contribution in [0.4, 0.5) is 0 Å². The normalized spacial score (nSPS) is 11.5. The van der Waals surface area contributed by atoms with E-state index in [1.807, 2.05) is 54.6 Å². The fourth-order valence-corrected chi connectivity index (χ4v) is 2.88. The third kappa shape index (κ3) is 4.59. The summed E-state index contributed by atoms with van der Waals surface area (Å²) in [5, 5.41) is 2.94. The van der Waals surface area contributed by atoms with Crippen LogP contribution in [0.2, 0.25) is 0 Å². The van der Waals surface area contributed by atoms with Crippen LogP contribution in [0.3, 0.4) is 0 Å². The van der Waals surface area contributed by atoms with Crippen molar-refractivity contribution in [2.45, 2.75) is 6.04 Å². The van der Waals surface area contributed by atoms with E-state index >= 15 is 0 Å². The van der Waals surface area contributed by atoms with E-state index in [1.54, 1.807) is 37.1 Å². The van der Waals surface area contributed by atoms with Gasteiger partial charge in [-0.15, -0.1) is 0 Å². The second-order valence-electron chi connectivity index (χ2n) is 6.26. The smallest absolute Gasteiger partial charge is 0.355 e. The lowest BCUT2D eigenvalue weighted by atomic mass is 9.98. The molecule has 0 unspecified atom stereocenters. The highest BCUT2D eigenvalue weighted by molar-refractivity contribution is 5.90. The molecule has 3 aromatic rings. The predicted octanol–water partition coefficient (Wildman–Crippen LogP) is 3.10. The van der Waals surface area contributed by atoms with E-state index < -0.39 is 5.97 Å². The molecule has 0 saturated heterocycles. The van der Waals surface area contributed by atoms with Gasteiger partial charge in [-0.05, 0) is 35.4 Å². The third-order valence-electron chi connectivity index (χ3n) is 4.37. The standard InChI is InChI=1S/C22H22N2O4/c1-24-14-6-9-19(24)22(26)28-15-20(25)23-21(16-7-4-3-5-8-16)17-10-12-18(27-2)13-11-17/h3-14,21H,15H2,1-2H3,(H,23,25)/t21-/m1/s1. The molecular formula is C22H22N2O4. The molecule has 0 radical (unpaired) electrons. The van der Waals surface area contributed by atoms with Gasteiger partial charge in [0.2, 0.25) is 0 Å². The average molecular weight is 378 g/mol. The van der Waals surface area contributed by atoms with E-state index in [4.69, 9.17) is 9.47 Å². The molecule has 1 amide bonds. The van der Waals surface area contributed by atoms with Gasteiger partial charge in [-0.2, -0.15) is 0 Å². The number of methoxy groups -OCH3 is 1. The zero-order chi connectivity index (χ0) is 19.9. The van der Waals surface area contributed by atoms with Crippen LogP contribution in [0.1, 0.15) is 27.7 Å². The van der Waals surface area contributed by atoms with E-state index in [0.717, 1.165) is 16.9 Å². The van der Waals surface area contributed by atoms with Crippen molar-refractivity contribution in [1.29, 1.82) is 0 Å². The Morgan fingerprint density at radius 1 is 0.964 bits per heavy atom.